The van der Waals surface area contributed by atoms with Gasteiger partial charge in [-0.2, -0.15) is 0 Å². The lowest BCUT2D eigenvalue weighted by Crippen LogP contribution is -2.46. The molecule has 1 fully saturated rings. The Morgan fingerprint density at radius 2 is 1.88 bits per heavy atom. The van der Waals surface area contributed by atoms with E-state index in [1.807, 2.05) is 12.1 Å². The Balaban J connectivity index is 1.57. The third-order valence-electron chi connectivity index (χ3n) is 5.63. The highest BCUT2D eigenvalue weighted by Crippen LogP contribution is 2.34. The number of piperidine rings is 1. The summed E-state index contributed by atoms with van der Waals surface area (Å²) in [4.78, 5) is 2.63. The van der Waals surface area contributed by atoms with Crippen molar-refractivity contribution in [1.82, 2.24) is 4.90 Å². The Morgan fingerprint density at radius 3 is 2.67 bits per heavy atom. The molecule has 5 rings (SSSR count). The maximum atomic E-state index is 9.80. The fourth-order valence-electron chi connectivity index (χ4n) is 4.35. The highest BCUT2D eigenvalue weighted by Gasteiger charge is 2.31. The lowest BCUT2D eigenvalue weighted by Gasteiger charge is -2.42. The third kappa shape index (κ3) is 3.01. The molecular formula is C21H25NO2. The molecule has 0 amide bonds. The van der Waals surface area contributed by atoms with Crippen LogP contribution in [0.1, 0.15) is 29.5 Å². The minimum atomic E-state index is 0.212. The van der Waals surface area contributed by atoms with Crippen molar-refractivity contribution in [2.75, 3.05) is 13.7 Å². The van der Waals surface area contributed by atoms with Gasteiger partial charge in [0.15, 0.2) is 11.5 Å². The number of fused-ring (bicyclic) bond motifs is 2. The van der Waals surface area contributed by atoms with Crippen LogP contribution in [0.3, 0.4) is 0 Å². The molecule has 24 heavy (non-hydrogen) atoms. The lowest BCUT2D eigenvalue weighted by molar-refractivity contribution is 0.0937. The van der Waals surface area contributed by atoms with Gasteiger partial charge in [0.1, 0.15) is 0 Å². The zero-order chi connectivity index (χ0) is 16.5. The molecule has 0 aromatic heterocycles. The van der Waals surface area contributed by atoms with Crippen LogP contribution in [0.15, 0.2) is 42.5 Å². The zero-order valence-electron chi connectivity index (χ0n) is 14.2. The fraction of sp³-hybridized carbons (Fsp3) is 0.429. The SMILES string of the molecule is COc1cc(CN2C[C@H]3CC[C@@H]2Cc2ccccc2C3)ccc1O. The first-order valence-corrected chi connectivity index (χ1v) is 8.89. The molecule has 2 aromatic rings. The van der Waals surface area contributed by atoms with E-state index in [0.717, 1.165) is 18.9 Å². The molecule has 1 saturated heterocycles. The number of rotatable bonds is 3. The second kappa shape index (κ2) is 6.48. The van der Waals surface area contributed by atoms with Gasteiger partial charge in [-0.1, -0.05) is 30.3 Å². The maximum Gasteiger partial charge on any atom is 0.160 e. The van der Waals surface area contributed by atoms with Crippen LogP contribution in [0.2, 0.25) is 0 Å². The molecule has 2 heterocycles. The number of hydrogen-bond acceptors (Lipinski definition) is 3. The van der Waals surface area contributed by atoms with Gasteiger partial charge in [-0.15, -0.1) is 0 Å². The van der Waals surface area contributed by atoms with Crippen molar-refractivity contribution in [3.8, 4) is 11.5 Å². The molecule has 1 aliphatic carbocycles. The Labute approximate surface area is 143 Å². The first-order valence-electron chi connectivity index (χ1n) is 8.89. The summed E-state index contributed by atoms with van der Waals surface area (Å²) in [5, 5.41) is 9.80. The van der Waals surface area contributed by atoms with Gasteiger partial charge in [0, 0.05) is 19.1 Å². The number of hydrogen-bond donors (Lipinski definition) is 1. The van der Waals surface area contributed by atoms with Gasteiger partial charge in [0.2, 0.25) is 0 Å². The Hall–Kier alpha value is -2.00. The molecule has 0 unspecified atom stereocenters. The van der Waals surface area contributed by atoms with E-state index in [1.165, 1.54) is 36.9 Å². The number of nitrogens with zero attached hydrogens (tertiary/aromatic N) is 1. The van der Waals surface area contributed by atoms with Gasteiger partial charge in [-0.25, -0.2) is 0 Å². The van der Waals surface area contributed by atoms with Crippen molar-refractivity contribution < 1.29 is 9.84 Å². The van der Waals surface area contributed by atoms with E-state index in [2.05, 4.69) is 29.2 Å². The lowest BCUT2D eigenvalue weighted by atomic mass is 9.80. The summed E-state index contributed by atoms with van der Waals surface area (Å²) in [7, 11) is 1.60. The summed E-state index contributed by atoms with van der Waals surface area (Å²) in [6, 6.07) is 15.3. The second-order valence-corrected chi connectivity index (χ2v) is 7.21. The smallest absolute Gasteiger partial charge is 0.160 e. The first-order chi connectivity index (χ1) is 11.7. The van der Waals surface area contributed by atoms with Crippen molar-refractivity contribution in [3.63, 3.8) is 0 Å². The topological polar surface area (TPSA) is 32.7 Å². The summed E-state index contributed by atoms with van der Waals surface area (Å²) in [5.74, 6) is 1.53. The average molecular weight is 323 g/mol. The van der Waals surface area contributed by atoms with Crippen LogP contribution in [0.5, 0.6) is 11.5 Å². The van der Waals surface area contributed by atoms with Crippen molar-refractivity contribution in [2.24, 2.45) is 5.92 Å². The monoisotopic (exact) mass is 323 g/mol. The first kappa shape index (κ1) is 15.5. The van der Waals surface area contributed by atoms with Gasteiger partial charge in [0.25, 0.3) is 0 Å². The van der Waals surface area contributed by atoms with E-state index in [4.69, 9.17) is 4.74 Å². The van der Waals surface area contributed by atoms with Crippen molar-refractivity contribution in [1.29, 1.82) is 0 Å². The van der Waals surface area contributed by atoms with Gasteiger partial charge in [-0.3, -0.25) is 4.90 Å². The Bertz CT molecular complexity index is 728. The van der Waals surface area contributed by atoms with E-state index in [-0.39, 0.29) is 5.75 Å². The van der Waals surface area contributed by atoms with Crippen LogP contribution >= 0.6 is 0 Å². The van der Waals surface area contributed by atoms with Crippen molar-refractivity contribution in [2.45, 2.75) is 38.3 Å². The molecule has 1 N–H and O–H groups in total. The predicted octanol–water partition coefficient (Wildman–Crippen LogP) is 3.78. The van der Waals surface area contributed by atoms with E-state index < -0.39 is 0 Å². The number of phenolic OH excluding ortho intramolecular Hbond substituents is 1. The van der Waals surface area contributed by atoms with Crippen LogP contribution in [-0.4, -0.2) is 29.7 Å². The standard InChI is InChI=1S/C21H25NO2/c1-24-21-11-16(7-9-20(21)23)14-22-13-15-6-8-19(22)12-18-5-3-2-4-17(18)10-15/h2-5,7,9,11,15,19,23H,6,8,10,12-14H2,1H3/t15-,19+/m0/s1. The zero-order valence-corrected chi connectivity index (χ0v) is 14.2. The van der Waals surface area contributed by atoms with Gasteiger partial charge in [-0.05, 0) is 60.4 Å². The Morgan fingerprint density at radius 1 is 1.08 bits per heavy atom. The average Bonchev–Trinajstić information content (AvgIpc) is 2.57. The van der Waals surface area contributed by atoms with E-state index in [9.17, 15) is 5.11 Å². The number of benzene rings is 2. The minimum Gasteiger partial charge on any atom is -0.504 e. The normalized spacial score (nSPS) is 23.4. The van der Waals surface area contributed by atoms with E-state index >= 15 is 0 Å². The minimum absolute atomic E-state index is 0.212. The molecule has 126 valence electrons. The van der Waals surface area contributed by atoms with Crippen LogP contribution in [-0.2, 0) is 19.4 Å². The van der Waals surface area contributed by atoms with Crippen LogP contribution in [0.25, 0.3) is 0 Å². The van der Waals surface area contributed by atoms with Gasteiger partial charge in [0.05, 0.1) is 7.11 Å². The molecule has 2 aliphatic heterocycles. The summed E-state index contributed by atoms with van der Waals surface area (Å²) in [6.07, 6.45) is 4.99. The van der Waals surface area contributed by atoms with Crippen LogP contribution < -0.4 is 4.74 Å². The molecular weight excluding hydrogens is 298 g/mol. The van der Waals surface area contributed by atoms with Crippen LogP contribution in [0.4, 0.5) is 0 Å². The summed E-state index contributed by atoms with van der Waals surface area (Å²) < 4.78 is 5.26. The molecule has 3 nitrogen and oxygen atoms in total. The van der Waals surface area contributed by atoms with Gasteiger partial charge < -0.3 is 9.84 Å². The maximum absolute atomic E-state index is 9.80. The molecule has 0 saturated carbocycles. The molecule has 0 spiro atoms. The molecule has 0 radical (unpaired) electrons. The molecule has 2 atom stereocenters. The van der Waals surface area contributed by atoms with E-state index in [0.29, 0.717) is 11.8 Å². The molecule has 2 aromatic carbocycles. The predicted molar refractivity (Wildman–Crippen MR) is 95.4 cm³/mol. The number of phenols is 1. The number of ether oxygens (including phenoxy) is 1. The highest BCUT2D eigenvalue weighted by atomic mass is 16.5. The number of aromatic hydroxyl groups is 1. The van der Waals surface area contributed by atoms with E-state index in [1.54, 1.807) is 18.7 Å². The largest absolute Gasteiger partial charge is 0.504 e. The van der Waals surface area contributed by atoms with Crippen LogP contribution in [0, 0.1) is 5.92 Å². The molecule has 3 heteroatoms. The molecule has 3 aliphatic rings. The fourth-order valence-corrected chi connectivity index (χ4v) is 4.35. The molecule has 2 bridgehead atoms. The second-order valence-electron chi connectivity index (χ2n) is 7.21. The number of methoxy groups -OCH3 is 1. The Kier molecular flexibility index (Phi) is 4.19. The van der Waals surface area contributed by atoms with Crippen molar-refractivity contribution in [3.05, 3.63) is 59.2 Å². The quantitative estimate of drug-likeness (QED) is 0.933. The van der Waals surface area contributed by atoms with Crippen molar-refractivity contribution >= 4 is 0 Å². The summed E-state index contributed by atoms with van der Waals surface area (Å²) in [6.45, 7) is 2.10. The van der Waals surface area contributed by atoms with Gasteiger partial charge >= 0.3 is 0 Å². The third-order valence-corrected chi connectivity index (χ3v) is 5.63. The summed E-state index contributed by atoms with van der Waals surface area (Å²) >= 11 is 0. The summed E-state index contributed by atoms with van der Waals surface area (Å²) in [5.41, 5.74) is 4.29. The highest BCUT2D eigenvalue weighted by molar-refractivity contribution is 5.41.